The van der Waals surface area contributed by atoms with E-state index < -0.39 is 17.7 Å². The van der Waals surface area contributed by atoms with Crippen LogP contribution in [-0.4, -0.2) is 61.4 Å². The molecule has 0 spiro atoms. The van der Waals surface area contributed by atoms with E-state index in [1.54, 1.807) is 13.8 Å². The predicted octanol–water partition coefficient (Wildman–Crippen LogP) is -0.793. The van der Waals surface area contributed by atoms with Gasteiger partial charge >= 0.3 is 0 Å². The van der Waals surface area contributed by atoms with Crippen LogP contribution in [0.15, 0.2) is 12.2 Å². The molecule has 1 atom stereocenters. The van der Waals surface area contributed by atoms with E-state index in [0.29, 0.717) is 32.7 Å². The largest absolute Gasteiger partial charge is 0.378 e. The molecule has 4 amide bonds. The zero-order valence-electron chi connectivity index (χ0n) is 13.5. The highest BCUT2D eigenvalue weighted by atomic mass is 16.5. The summed E-state index contributed by atoms with van der Waals surface area (Å²) in [7, 11) is 0. The van der Waals surface area contributed by atoms with Gasteiger partial charge in [0.05, 0.1) is 19.1 Å². The first kappa shape index (κ1) is 18.8. The second kappa shape index (κ2) is 9.73. The van der Waals surface area contributed by atoms with E-state index in [-0.39, 0.29) is 18.4 Å². The molecule has 8 heteroatoms. The molecule has 2 N–H and O–H groups in total. The minimum atomic E-state index is -0.494. The molecule has 1 aliphatic heterocycles. The Morgan fingerprint density at radius 1 is 1.13 bits per heavy atom. The Balaban J connectivity index is 2.10. The summed E-state index contributed by atoms with van der Waals surface area (Å²) in [5, 5.41) is 5.35. The lowest BCUT2D eigenvalue weighted by Crippen LogP contribution is -2.41. The van der Waals surface area contributed by atoms with Crippen molar-refractivity contribution < 1.29 is 23.9 Å². The number of rotatable bonds is 10. The minimum Gasteiger partial charge on any atom is -0.378 e. The Bertz CT molecular complexity index is 472. The first-order valence-electron chi connectivity index (χ1n) is 7.61. The molecule has 0 aromatic rings. The average Bonchev–Trinajstić information content (AvgIpc) is 2.85. The Morgan fingerprint density at radius 3 is 2.26 bits per heavy atom. The number of nitrogens with zero attached hydrogens (tertiary/aromatic N) is 1. The van der Waals surface area contributed by atoms with E-state index in [9.17, 15) is 19.2 Å². The van der Waals surface area contributed by atoms with Gasteiger partial charge in [0.2, 0.25) is 11.8 Å². The molecule has 0 saturated carbocycles. The molecule has 0 aromatic carbocycles. The molecule has 128 valence electrons. The van der Waals surface area contributed by atoms with Gasteiger partial charge in [0.1, 0.15) is 0 Å². The lowest BCUT2D eigenvalue weighted by atomic mass is 10.1. The summed E-state index contributed by atoms with van der Waals surface area (Å²) in [6.07, 6.45) is 2.82. The van der Waals surface area contributed by atoms with Crippen molar-refractivity contribution in [3.63, 3.8) is 0 Å². The molecule has 1 unspecified atom stereocenters. The normalized spacial score (nSPS) is 15.0. The van der Waals surface area contributed by atoms with Crippen molar-refractivity contribution in [3.8, 4) is 0 Å². The maximum atomic E-state index is 11.9. The van der Waals surface area contributed by atoms with Gasteiger partial charge in [-0.15, -0.1) is 0 Å². The lowest BCUT2D eigenvalue weighted by Gasteiger charge is -2.18. The molecule has 1 rings (SSSR count). The average molecular weight is 325 g/mol. The van der Waals surface area contributed by atoms with E-state index in [0.717, 1.165) is 4.90 Å². The molecule has 0 fully saturated rings. The van der Waals surface area contributed by atoms with Crippen LogP contribution in [0, 0.1) is 5.92 Å². The summed E-state index contributed by atoms with van der Waals surface area (Å²) in [6.45, 7) is 4.93. The van der Waals surface area contributed by atoms with Crippen LogP contribution >= 0.6 is 0 Å². The SMILES string of the molecule is CCC(=O)NCCOCCNC(=O)C(C)CN1C(=O)C=CC1=O. The summed E-state index contributed by atoms with van der Waals surface area (Å²) in [6, 6.07) is 0. The second-order valence-corrected chi connectivity index (χ2v) is 5.13. The van der Waals surface area contributed by atoms with E-state index in [1.165, 1.54) is 12.2 Å². The fourth-order valence-electron chi connectivity index (χ4n) is 1.88. The van der Waals surface area contributed by atoms with Crippen LogP contribution in [0.2, 0.25) is 0 Å². The van der Waals surface area contributed by atoms with E-state index in [1.807, 2.05) is 0 Å². The molecule has 0 aromatic heterocycles. The van der Waals surface area contributed by atoms with E-state index >= 15 is 0 Å². The molecule has 0 aliphatic carbocycles. The van der Waals surface area contributed by atoms with Crippen LogP contribution in [0.1, 0.15) is 20.3 Å². The monoisotopic (exact) mass is 325 g/mol. The maximum Gasteiger partial charge on any atom is 0.253 e. The molecule has 1 aliphatic rings. The van der Waals surface area contributed by atoms with Gasteiger partial charge in [-0.1, -0.05) is 13.8 Å². The van der Waals surface area contributed by atoms with Crippen LogP contribution in [-0.2, 0) is 23.9 Å². The third-order valence-electron chi connectivity index (χ3n) is 3.24. The molecule has 0 bridgehead atoms. The van der Waals surface area contributed by atoms with Gasteiger partial charge < -0.3 is 15.4 Å². The van der Waals surface area contributed by atoms with Crippen LogP contribution < -0.4 is 10.6 Å². The number of hydrogen-bond acceptors (Lipinski definition) is 5. The summed E-state index contributed by atoms with van der Waals surface area (Å²) >= 11 is 0. The molecule has 0 saturated heterocycles. The van der Waals surface area contributed by atoms with Gasteiger partial charge in [-0.25, -0.2) is 0 Å². The smallest absolute Gasteiger partial charge is 0.253 e. The Kier molecular flexibility index (Phi) is 7.96. The van der Waals surface area contributed by atoms with Crippen LogP contribution in [0.25, 0.3) is 0 Å². The first-order chi connectivity index (χ1) is 11.0. The number of carbonyl (C=O) groups excluding carboxylic acids is 4. The van der Waals surface area contributed by atoms with Crippen LogP contribution in [0.5, 0.6) is 0 Å². The van der Waals surface area contributed by atoms with E-state index in [4.69, 9.17) is 4.74 Å². The first-order valence-corrected chi connectivity index (χ1v) is 7.61. The Hall–Kier alpha value is -2.22. The topological polar surface area (TPSA) is 105 Å². The van der Waals surface area contributed by atoms with Gasteiger partial charge in [0.25, 0.3) is 11.8 Å². The Morgan fingerprint density at radius 2 is 1.70 bits per heavy atom. The molecular formula is C15H23N3O5. The van der Waals surface area contributed by atoms with Crippen molar-refractivity contribution in [1.29, 1.82) is 0 Å². The van der Waals surface area contributed by atoms with Gasteiger partial charge in [-0.05, 0) is 0 Å². The standard InChI is InChI=1S/C15H23N3O5/c1-3-12(19)16-6-8-23-9-7-17-15(22)11(2)10-18-13(20)4-5-14(18)21/h4-5,11H,3,6-10H2,1-2H3,(H,16,19)(H,17,22). The molecule has 23 heavy (non-hydrogen) atoms. The van der Waals surface area contributed by atoms with Gasteiger partial charge in [-0.2, -0.15) is 0 Å². The van der Waals surface area contributed by atoms with Gasteiger partial charge in [-0.3, -0.25) is 24.1 Å². The fraction of sp³-hybridized carbons (Fsp3) is 0.600. The summed E-state index contributed by atoms with van der Waals surface area (Å²) in [4.78, 5) is 46.7. The second-order valence-electron chi connectivity index (χ2n) is 5.13. The van der Waals surface area contributed by atoms with Gasteiger partial charge in [0, 0.05) is 38.2 Å². The number of amides is 4. The highest BCUT2D eigenvalue weighted by molar-refractivity contribution is 6.13. The summed E-state index contributed by atoms with van der Waals surface area (Å²) in [5.41, 5.74) is 0. The fourth-order valence-corrected chi connectivity index (χ4v) is 1.88. The van der Waals surface area contributed by atoms with Crippen molar-refractivity contribution in [1.82, 2.24) is 15.5 Å². The number of ether oxygens (including phenoxy) is 1. The van der Waals surface area contributed by atoms with Crippen molar-refractivity contribution >= 4 is 23.6 Å². The number of hydrogen-bond donors (Lipinski definition) is 2. The maximum absolute atomic E-state index is 11.9. The summed E-state index contributed by atoms with van der Waals surface area (Å²) in [5.74, 6) is -1.57. The van der Waals surface area contributed by atoms with Crippen molar-refractivity contribution in [2.45, 2.75) is 20.3 Å². The highest BCUT2D eigenvalue weighted by Gasteiger charge is 2.27. The number of nitrogens with one attached hydrogen (secondary N) is 2. The quantitative estimate of drug-likeness (QED) is 0.404. The Labute approximate surface area is 135 Å². The minimum absolute atomic E-state index is 0.0313. The van der Waals surface area contributed by atoms with Crippen LogP contribution in [0.4, 0.5) is 0 Å². The summed E-state index contributed by atoms with van der Waals surface area (Å²) < 4.78 is 5.27. The predicted molar refractivity (Wildman–Crippen MR) is 82.2 cm³/mol. The third-order valence-corrected chi connectivity index (χ3v) is 3.24. The highest BCUT2D eigenvalue weighted by Crippen LogP contribution is 2.07. The zero-order valence-corrected chi connectivity index (χ0v) is 13.5. The van der Waals surface area contributed by atoms with Gasteiger partial charge in [0.15, 0.2) is 0 Å². The van der Waals surface area contributed by atoms with Crippen molar-refractivity contribution in [3.05, 3.63) is 12.2 Å². The molecule has 8 nitrogen and oxygen atoms in total. The van der Waals surface area contributed by atoms with Crippen molar-refractivity contribution in [2.75, 3.05) is 32.8 Å². The molecule has 1 heterocycles. The number of imide groups is 1. The lowest BCUT2D eigenvalue weighted by molar-refractivity contribution is -0.138. The zero-order chi connectivity index (χ0) is 17.2. The third kappa shape index (κ3) is 6.60. The molecule has 0 radical (unpaired) electrons. The van der Waals surface area contributed by atoms with E-state index in [2.05, 4.69) is 10.6 Å². The number of carbonyl (C=O) groups is 4. The van der Waals surface area contributed by atoms with Crippen molar-refractivity contribution in [2.24, 2.45) is 5.92 Å². The molecular weight excluding hydrogens is 302 g/mol. The van der Waals surface area contributed by atoms with Crippen LogP contribution in [0.3, 0.4) is 0 Å².